The molecule has 1 unspecified atom stereocenters. The first-order chi connectivity index (χ1) is 9.35. The fourth-order valence-corrected chi connectivity index (χ4v) is 4.27. The lowest BCUT2D eigenvalue weighted by Gasteiger charge is -2.37. The Bertz CT molecular complexity index is 411. The van der Waals surface area contributed by atoms with E-state index in [0.717, 1.165) is 23.0 Å². The van der Waals surface area contributed by atoms with Crippen molar-refractivity contribution < 1.29 is 4.74 Å². The molecule has 0 aromatic heterocycles. The van der Waals surface area contributed by atoms with Crippen molar-refractivity contribution in [3.05, 3.63) is 29.8 Å². The molecule has 0 bridgehead atoms. The molecular weight excluding hydrogens is 254 g/mol. The Morgan fingerprint density at radius 2 is 2.26 bits per heavy atom. The molecule has 3 heteroatoms. The molecule has 3 rings (SSSR count). The molecule has 1 atom stereocenters. The molecule has 1 N–H and O–H groups in total. The van der Waals surface area contributed by atoms with Crippen molar-refractivity contribution >= 4 is 11.8 Å². The van der Waals surface area contributed by atoms with Gasteiger partial charge in [-0.05, 0) is 55.1 Å². The molecule has 1 saturated heterocycles. The zero-order valence-electron chi connectivity index (χ0n) is 11.6. The van der Waals surface area contributed by atoms with Crippen molar-refractivity contribution in [2.75, 3.05) is 19.4 Å². The van der Waals surface area contributed by atoms with Gasteiger partial charge in [0.15, 0.2) is 0 Å². The van der Waals surface area contributed by atoms with Gasteiger partial charge in [-0.25, -0.2) is 0 Å². The van der Waals surface area contributed by atoms with Crippen LogP contribution in [0.2, 0.25) is 0 Å². The van der Waals surface area contributed by atoms with Crippen LogP contribution in [0.5, 0.6) is 5.75 Å². The second-order valence-corrected chi connectivity index (χ2v) is 7.09. The zero-order valence-corrected chi connectivity index (χ0v) is 12.4. The molecule has 0 amide bonds. The first-order valence-corrected chi connectivity index (χ1v) is 8.39. The van der Waals surface area contributed by atoms with Gasteiger partial charge in [0.05, 0.1) is 7.11 Å². The smallest absolute Gasteiger partial charge is 0.119 e. The van der Waals surface area contributed by atoms with Crippen LogP contribution in [-0.2, 0) is 0 Å². The molecule has 1 aromatic carbocycles. The number of methoxy groups -OCH3 is 1. The molecule has 1 aromatic rings. The molecular formula is C16H23NOS. The summed E-state index contributed by atoms with van der Waals surface area (Å²) in [6.45, 7) is 1.21. The average molecular weight is 277 g/mol. The molecule has 0 spiro atoms. The van der Waals surface area contributed by atoms with Gasteiger partial charge in [0.1, 0.15) is 5.75 Å². The predicted octanol–water partition coefficient (Wildman–Crippen LogP) is 3.43. The van der Waals surface area contributed by atoms with Crippen LogP contribution in [0.4, 0.5) is 0 Å². The Hall–Kier alpha value is -0.670. The van der Waals surface area contributed by atoms with E-state index in [0.29, 0.717) is 0 Å². The number of thioether (sulfide) groups is 1. The molecule has 0 radical (unpaired) electrons. The summed E-state index contributed by atoms with van der Waals surface area (Å²) in [6.07, 6.45) is 5.38. The fourth-order valence-electron chi connectivity index (χ4n) is 3.06. The molecule has 2 aliphatic rings. The molecule has 1 saturated carbocycles. The third-order valence-electron chi connectivity index (χ3n) is 4.36. The van der Waals surface area contributed by atoms with Crippen LogP contribution in [0.1, 0.15) is 37.2 Å². The monoisotopic (exact) mass is 277 g/mol. The molecule has 1 aliphatic carbocycles. The van der Waals surface area contributed by atoms with E-state index >= 15 is 0 Å². The van der Waals surface area contributed by atoms with Gasteiger partial charge in [-0.15, -0.1) is 0 Å². The summed E-state index contributed by atoms with van der Waals surface area (Å²) in [4.78, 5) is 0. The lowest BCUT2D eigenvalue weighted by Crippen LogP contribution is -2.42. The van der Waals surface area contributed by atoms with Crippen LogP contribution >= 0.6 is 11.8 Å². The van der Waals surface area contributed by atoms with E-state index < -0.39 is 0 Å². The van der Waals surface area contributed by atoms with Crippen LogP contribution in [0.15, 0.2) is 24.3 Å². The minimum absolute atomic E-state index is 0.726. The summed E-state index contributed by atoms with van der Waals surface area (Å²) >= 11 is 2.14. The Morgan fingerprint density at radius 3 is 3.00 bits per heavy atom. The quantitative estimate of drug-likeness (QED) is 0.891. The lowest BCUT2D eigenvalue weighted by atomic mass is 9.76. The van der Waals surface area contributed by atoms with Crippen LogP contribution in [0.3, 0.4) is 0 Å². The third kappa shape index (κ3) is 3.26. The second kappa shape index (κ2) is 6.19. The summed E-state index contributed by atoms with van der Waals surface area (Å²) in [5, 5.41) is 4.61. The number of rotatable bonds is 5. The lowest BCUT2D eigenvalue weighted by molar-refractivity contribution is 0.291. The molecule has 1 heterocycles. The summed E-state index contributed by atoms with van der Waals surface area (Å²) in [5.74, 6) is 3.07. The van der Waals surface area contributed by atoms with Crippen molar-refractivity contribution in [2.24, 2.45) is 0 Å². The van der Waals surface area contributed by atoms with Gasteiger partial charge in [-0.1, -0.05) is 12.1 Å². The largest absolute Gasteiger partial charge is 0.497 e. The van der Waals surface area contributed by atoms with Crippen LogP contribution in [0.25, 0.3) is 0 Å². The first-order valence-electron chi connectivity index (χ1n) is 7.34. The predicted molar refractivity (Wildman–Crippen MR) is 82.2 cm³/mol. The highest BCUT2D eigenvalue weighted by atomic mass is 32.2. The fraction of sp³-hybridized carbons (Fsp3) is 0.625. The first kappa shape index (κ1) is 13.3. The van der Waals surface area contributed by atoms with Crippen molar-refractivity contribution in [3.63, 3.8) is 0 Å². The molecule has 2 fully saturated rings. The van der Waals surface area contributed by atoms with E-state index in [-0.39, 0.29) is 0 Å². The van der Waals surface area contributed by atoms with E-state index in [1.54, 1.807) is 7.11 Å². The van der Waals surface area contributed by atoms with Crippen LogP contribution in [0, 0.1) is 0 Å². The van der Waals surface area contributed by atoms with Crippen molar-refractivity contribution in [2.45, 2.75) is 42.9 Å². The highest BCUT2D eigenvalue weighted by Gasteiger charge is 2.30. The topological polar surface area (TPSA) is 21.3 Å². The second-order valence-electron chi connectivity index (χ2n) is 5.69. The zero-order chi connectivity index (χ0) is 13.1. The summed E-state index contributed by atoms with van der Waals surface area (Å²) in [5.41, 5.74) is 1.44. The Balaban J connectivity index is 1.44. The summed E-state index contributed by atoms with van der Waals surface area (Å²) in [7, 11) is 1.74. The Kier molecular flexibility index (Phi) is 4.34. The van der Waals surface area contributed by atoms with E-state index in [9.17, 15) is 0 Å². The van der Waals surface area contributed by atoms with Crippen molar-refractivity contribution in [1.82, 2.24) is 5.32 Å². The van der Waals surface area contributed by atoms with Gasteiger partial charge in [-0.3, -0.25) is 0 Å². The maximum absolute atomic E-state index is 5.30. The van der Waals surface area contributed by atoms with Crippen molar-refractivity contribution in [1.29, 1.82) is 0 Å². The number of hydrogen-bond acceptors (Lipinski definition) is 3. The Morgan fingerprint density at radius 1 is 1.37 bits per heavy atom. The van der Waals surface area contributed by atoms with Gasteiger partial charge in [0.2, 0.25) is 0 Å². The van der Waals surface area contributed by atoms with Crippen molar-refractivity contribution in [3.8, 4) is 5.75 Å². The van der Waals surface area contributed by atoms with Gasteiger partial charge in [0, 0.05) is 17.8 Å². The normalized spacial score (nSPS) is 30.1. The van der Waals surface area contributed by atoms with E-state index in [4.69, 9.17) is 4.74 Å². The molecule has 1 aliphatic heterocycles. The van der Waals surface area contributed by atoms with E-state index in [1.807, 2.05) is 6.07 Å². The average Bonchev–Trinajstić information content (AvgIpc) is 2.90. The Labute approximate surface area is 120 Å². The van der Waals surface area contributed by atoms with Gasteiger partial charge < -0.3 is 10.1 Å². The minimum atomic E-state index is 0.726. The maximum atomic E-state index is 5.30. The summed E-state index contributed by atoms with van der Waals surface area (Å²) in [6, 6.07) is 9.28. The summed E-state index contributed by atoms with van der Waals surface area (Å²) < 4.78 is 5.30. The van der Waals surface area contributed by atoms with Crippen LogP contribution in [-0.4, -0.2) is 30.7 Å². The number of ether oxygens (including phenoxy) is 1. The minimum Gasteiger partial charge on any atom is -0.497 e. The standard InChI is InChI=1S/C16H23NOS/c1-18-15-5-2-4-12(10-15)13-8-14(9-13)17-11-16-6-3-7-19-16/h2,4-5,10,13-14,16-17H,3,6-9,11H2,1H3. The molecule has 19 heavy (non-hydrogen) atoms. The SMILES string of the molecule is COc1cccc(C2CC(NCC3CCCS3)C2)c1. The van der Waals surface area contributed by atoms with E-state index in [2.05, 4.69) is 35.3 Å². The highest BCUT2D eigenvalue weighted by molar-refractivity contribution is 8.00. The van der Waals surface area contributed by atoms with Gasteiger partial charge in [0.25, 0.3) is 0 Å². The van der Waals surface area contributed by atoms with Crippen LogP contribution < -0.4 is 10.1 Å². The maximum Gasteiger partial charge on any atom is 0.119 e. The highest BCUT2D eigenvalue weighted by Crippen LogP contribution is 2.38. The molecule has 2 nitrogen and oxygen atoms in total. The van der Waals surface area contributed by atoms with Gasteiger partial charge in [-0.2, -0.15) is 11.8 Å². The molecule has 104 valence electrons. The third-order valence-corrected chi connectivity index (χ3v) is 5.76. The van der Waals surface area contributed by atoms with Gasteiger partial charge >= 0.3 is 0 Å². The number of hydrogen-bond donors (Lipinski definition) is 1. The number of nitrogens with one attached hydrogen (secondary N) is 1. The van der Waals surface area contributed by atoms with E-state index in [1.165, 1.54) is 43.5 Å². The number of benzene rings is 1.